The number of nitrogens with zero attached hydrogens (tertiary/aromatic N) is 1. The number of likely N-dealkylation sites (N-methyl/N-ethyl adjacent to an activating group) is 1. The SMILES string of the molecule is CCN(CC)CCc1c[nH]c2ccc(S(C)(=O)=O)cc12.[HH]. The lowest BCUT2D eigenvalue weighted by atomic mass is 10.1. The standard InChI is InChI=1S/C15H22N2O2S.H2/c1-4-17(5-2)9-8-12-11-16-15-7-6-13(10-14(12)15)20(3,18)19;/h6-7,10-11,16H,4-5,8-9H2,1-3H3;1H. The zero-order valence-corrected chi connectivity index (χ0v) is 13.1. The summed E-state index contributed by atoms with van der Waals surface area (Å²) in [5, 5.41) is 1.01. The fourth-order valence-electron chi connectivity index (χ4n) is 2.41. The van der Waals surface area contributed by atoms with Crippen LogP contribution >= 0.6 is 0 Å². The van der Waals surface area contributed by atoms with Crippen molar-refractivity contribution in [3.8, 4) is 0 Å². The Hall–Kier alpha value is -1.33. The second-order valence-corrected chi connectivity index (χ2v) is 7.09. The predicted octanol–water partition coefficient (Wildman–Crippen LogP) is 2.70. The molecule has 0 saturated heterocycles. The molecule has 2 rings (SSSR count). The van der Waals surface area contributed by atoms with Crippen molar-refractivity contribution >= 4 is 20.7 Å². The maximum atomic E-state index is 11.7. The van der Waals surface area contributed by atoms with Crippen LogP contribution in [0.25, 0.3) is 10.9 Å². The molecule has 0 aliphatic rings. The molecule has 1 heterocycles. The Kier molecular flexibility index (Phi) is 4.50. The third-order valence-electron chi connectivity index (χ3n) is 3.76. The summed E-state index contributed by atoms with van der Waals surface area (Å²) in [7, 11) is -3.15. The van der Waals surface area contributed by atoms with E-state index in [2.05, 4.69) is 23.7 Å². The van der Waals surface area contributed by atoms with E-state index in [1.54, 1.807) is 12.1 Å². The van der Waals surface area contributed by atoms with Crippen molar-refractivity contribution < 1.29 is 9.84 Å². The van der Waals surface area contributed by atoms with Crippen LogP contribution in [0.5, 0.6) is 0 Å². The maximum Gasteiger partial charge on any atom is 0.175 e. The van der Waals surface area contributed by atoms with Gasteiger partial charge in [-0.25, -0.2) is 8.42 Å². The summed E-state index contributed by atoms with van der Waals surface area (Å²) in [5.74, 6) is 0. The molecule has 20 heavy (non-hydrogen) atoms. The molecule has 0 aliphatic heterocycles. The first-order chi connectivity index (χ1) is 9.45. The zero-order chi connectivity index (χ0) is 14.8. The Bertz CT molecular complexity index is 691. The number of H-pyrrole nitrogens is 1. The number of fused-ring (bicyclic) bond motifs is 1. The van der Waals surface area contributed by atoms with E-state index in [4.69, 9.17) is 0 Å². The Morgan fingerprint density at radius 1 is 1.25 bits per heavy atom. The van der Waals surface area contributed by atoms with E-state index in [9.17, 15) is 8.42 Å². The third kappa shape index (κ3) is 3.22. The molecule has 0 unspecified atom stereocenters. The zero-order valence-electron chi connectivity index (χ0n) is 12.3. The van der Waals surface area contributed by atoms with Crippen molar-refractivity contribution in [1.29, 1.82) is 0 Å². The molecule has 0 atom stereocenters. The van der Waals surface area contributed by atoms with Crippen LogP contribution in [-0.4, -0.2) is 44.2 Å². The van der Waals surface area contributed by atoms with Crippen molar-refractivity contribution in [1.82, 2.24) is 9.88 Å². The first-order valence-electron chi connectivity index (χ1n) is 6.98. The fraction of sp³-hybridized carbons (Fsp3) is 0.467. The second-order valence-electron chi connectivity index (χ2n) is 5.07. The topological polar surface area (TPSA) is 53.2 Å². The molecular formula is C15H24N2O2S. The number of rotatable bonds is 6. The molecule has 0 fully saturated rings. The van der Waals surface area contributed by atoms with Gasteiger partial charge in [0.25, 0.3) is 0 Å². The minimum atomic E-state index is -3.15. The van der Waals surface area contributed by atoms with Gasteiger partial charge in [-0.3, -0.25) is 0 Å². The van der Waals surface area contributed by atoms with Crippen LogP contribution < -0.4 is 0 Å². The molecule has 0 saturated carbocycles. The van der Waals surface area contributed by atoms with Gasteiger partial charge in [0.05, 0.1) is 4.90 Å². The average Bonchev–Trinajstić information content (AvgIpc) is 2.81. The van der Waals surface area contributed by atoms with Crippen molar-refractivity contribution in [2.24, 2.45) is 0 Å². The first-order valence-corrected chi connectivity index (χ1v) is 8.87. The lowest BCUT2D eigenvalue weighted by molar-refractivity contribution is 0.308. The number of aromatic amines is 1. The summed E-state index contributed by atoms with van der Waals surface area (Å²) in [6, 6.07) is 5.27. The van der Waals surface area contributed by atoms with E-state index in [0.717, 1.165) is 37.0 Å². The number of hydrogen-bond donors (Lipinski definition) is 1. The van der Waals surface area contributed by atoms with Crippen LogP contribution in [0.3, 0.4) is 0 Å². The molecule has 0 bridgehead atoms. The van der Waals surface area contributed by atoms with Crippen molar-refractivity contribution in [2.45, 2.75) is 25.2 Å². The average molecular weight is 296 g/mol. The molecule has 1 aromatic heterocycles. The summed E-state index contributed by atoms with van der Waals surface area (Å²) in [5.41, 5.74) is 2.17. The summed E-state index contributed by atoms with van der Waals surface area (Å²) >= 11 is 0. The number of nitrogens with one attached hydrogen (secondary N) is 1. The van der Waals surface area contributed by atoms with Gasteiger partial charge in [-0.15, -0.1) is 0 Å². The van der Waals surface area contributed by atoms with E-state index in [0.29, 0.717) is 4.90 Å². The third-order valence-corrected chi connectivity index (χ3v) is 4.87. The smallest absolute Gasteiger partial charge is 0.175 e. The molecule has 0 aliphatic carbocycles. The van der Waals surface area contributed by atoms with Gasteiger partial charge < -0.3 is 9.88 Å². The maximum absolute atomic E-state index is 11.7. The summed E-state index contributed by atoms with van der Waals surface area (Å²) < 4.78 is 23.3. The van der Waals surface area contributed by atoms with Gasteiger partial charge in [-0.05, 0) is 43.3 Å². The molecule has 0 radical (unpaired) electrons. The van der Waals surface area contributed by atoms with Gasteiger partial charge in [0.1, 0.15) is 0 Å². The Labute approximate surface area is 122 Å². The highest BCUT2D eigenvalue weighted by Gasteiger charge is 2.11. The number of aromatic nitrogens is 1. The van der Waals surface area contributed by atoms with Gasteiger partial charge in [0.2, 0.25) is 0 Å². The van der Waals surface area contributed by atoms with Gasteiger partial charge in [0.15, 0.2) is 9.84 Å². The molecule has 0 spiro atoms. The van der Waals surface area contributed by atoms with Gasteiger partial charge in [-0.1, -0.05) is 13.8 Å². The second kappa shape index (κ2) is 5.97. The van der Waals surface area contributed by atoms with Crippen LogP contribution in [0.4, 0.5) is 0 Å². The molecule has 0 amide bonds. The van der Waals surface area contributed by atoms with E-state index < -0.39 is 9.84 Å². The van der Waals surface area contributed by atoms with Crippen molar-refractivity contribution in [2.75, 3.05) is 25.9 Å². The molecule has 112 valence electrons. The molecule has 2 aromatic rings. The van der Waals surface area contributed by atoms with Crippen LogP contribution in [0.15, 0.2) is 29.3 Å². The Balaban J connectivity index is 0.00000220. The minimum Gasteiger partial charge on any atom is -0.361 e. The predicted molar refractivity (Wildman–Crippen MR) is 85.0 cm³/mol. The van der Waals surface area contributed by atoms with E-state index in [1.165, 1.54) is 11.8 Å². The van der Waals surface area contributed by atoms with Gasteiger partial charge in [0, 0.05) is 31.3 Å². The Morgan fingerprint density at radius 3 is 2.55 bits per heavy atom. The lowest BCUT2D eigenvalue weighted by Gasteiger charge is -2.17. The van der Waals surface area contributed by atoms with Crippen LogP contribution in [0.1, 0.15) is 20.8 Å². The molecular weight excluding hydrogens is 272 g/mol. The van der Waals surface area contributed by atoms with Crippen LogP contribution in [0, 0.1) is 0 Å². The summed E-state index contributed by atoms with van der Waals surface area (Å²) in [6.45, 7) is 7.37. The Morgan fingerprint density at radius 2 is 1.95 bits per heavy atom. The molecule has 1 N–H and O–H groups in total. The van der Waals surface area contributed by atoms with Crippen molar-refractivity contribution in [3.63, 3.8) is 0 Å². The minimum absolute atomic E-state index is 0. The number of hydrogen-bond acceptors (Lipinski definition) is 3. The fourth-order valence-corrected chi connectivity index (χ4v) is 3.06. The van der Waals surface area contributed by atoms with Gasteiger partial charge >= 0.3 is 0 Å². The molecule has 4 nitrogen and oxygen atoms in total. The highest BCUT2D eigenvalue weighted by Crippen LogP contribution is 2.22. The highest BCUT2D eigenvalue weighted by molar-refractivity contribution is 7.90. The number of benzene rings is 1. The summed E-state index contributed by atoms with van der Waals surface area (Å²) in [4.78, 5) is 5.96. The normalized spacial score (nSPS) is 12.4. The highest BCUT2D eigenvalue weighted by atomic mass is 32.2. The lowest BCUT2D eigenvalue weighted by Crippen LogP contribution is -2.25. The van der Waals surface area contributed by atoms with Crippen LogP contribution in [-0.2, 0) is 16.3 Å². The quantitative estimate of drug-likeness (QED) is 0.891. The monoisotopic (exact) mass is 296 g/mol. The largest absolute Gasteiger partial charge is 0.361 e. The van der Waals surface area contributed by atoms with Gasteiger partial charge in [-0.2, -0.15) is 0 Å². The molecule has 5 heteroatoms. The van der Waals surface area contributed by atoms with Crippen molar-refractivity contribution in [3.05, 3.63) is 30.0 Å². The summed E-state index contributed by atoms with van der Waals surface area (Å²) in [6.07, 6.45) is 4.16. The first kappa shape index (κ1) is 15.1. The van der Waals surface area contributed by atoms with E-state index in [1.807, 2.05) is 12.3 Å². The van der Waals surface area contributed by atoms with E-state index >= 15 is 0 Å². The van der Waals surface area contributed by atoms with Crippen LogP contribution in [0.2, 0.25) is 0 Å². The molecule has 1 aromatic carbocycles. The van der Waals surface area contributed by atoms with E-state index in [-0.39, 0.29) is 1.43 Å². The number of sulfone groups is 1.